The minimum absolute atomic E-state index is 0.337. The van der Waals surface area contributed by atoms with Gasteiger partial charge < -0.3 is 11.1 Å². The number of benzene rings is 8. The van der Waals surface area contributed by atoms with Crippen molar-refractivity contribution in [3.63, 3.8) is 0 Å². The largest absolute Gasteiger partial charge is 0.397 e. The van der Waals surface area contributed by atoms with Gasteiger partial charge in [0.25, 0.3) is 0 Å². The first kappa shape index (κ1) is 29.1. The van der Waals surface area contributed by atoms with Crippen molar-refractivity contribution in [2.45, 2.75) is 12.3 Å². The molecule has 2 aliphatic carbocycles. The molecule has 0 fully saturated rings. The second kappa shape index (κ2) is 11.2. The Bertz CT molecular complexity index is 2510. The van der Waals surface area contributed by atoms with E-state index in [1.54, 1.807) is 0 Å². The van der Waals surface area contributed by atoms with Gasteiger partial charge in [-0.2, -0.15) is 0 Å². The molecule has 2 nitrogen and oxygen atoms in total. The van der Waals surface area contributed by atoms with Crippen LogP contribution in [0.4, 0.5) is 11.4 Å². The van der Waals surface area contributed by atoms with Gasteiger partial charge in [-0.25, -0.2) is 0 Å². The van der Waals surface area contributed by atoms with E-state index < -0.39 is 0 Å². The van der Waals surface area contributed by atoms with Crippen molar-refractivity contribution >= 4 is 32.9 Å². The van der Waals surface area contributed by atoms with E-state index in [9.17, 15) is 0 Å². The average Bonchev–Trinajstić information content (AvgIpc) is 3.61. The van der Waals surface area contributed by atoms with Gasteiger partial charge in [-0.3, -0.25) is 0 Å². The third-order valence-corrected chi connectivity index (χ3v) is 10.6. The molecule has 0 bridgehead atoms. The summed E-state index contributed by atoms with van der Waals surface area (Å²) in [6, 6.07) is 60.1. The minimum atomic E-state index is -0.337. The number of nitrogens with two attached hydrogens (primary N) is 1. The zero-order valence-corrected chi connectivity index (χ0v) is 27.7. The van der Waals surface area contributed by atoms with Crippen LogP contribution in [0.1, 0.15) is 27.8 Å². The summed E-state index contributed by atoms with van der Waals surface area (Å²) in [6.45, 7) is 2.14. The molecular weight excluding hydrogens is 593 g/mol. The predicted octanol–water partition coefficient (Wildman–Crippen LogP) is 11.6. The predicted molar refractivity (Wildman–Crippen MR) is 208 cm³/mol. The van der Waals surface area contributed by atoms with Gasteiger partial charge in [-0.15, -0.1) is 0 Å². The Morgan fingerprint density at radius 2 is 1.10 bits per heavy atom. The molecule has 0 aliphatic heterocycles. The number of nitrogens with one attached hydrogen (secondary N) is 1. The first-order valence-corrected chi connectivity index (χ1v) is 17.0. The summed E-state index contributed by atoms with van der Waals surface area (Å²) in [5.74, 6) is 0. The van der Waals surface area contributed by atoms with Crippen LogP contribution in [0.5, 0.6) is 0 Å². The van der Waals surface area contributed by atoms with Crippen LogP contribution in [0.25, 0.3) is 54.9 Å². The summed E-state index contributed by atoms with van der Waals surface area (Å²) in [5.41, 5.74) is 21.8. The topological polar surface area (TPSA) is 38.0 Å². The highest BCUT2D eigenvalue weighted by Gasteiger charge is 2.52. The maximum absolute atomic E-state index is 5.57. The van der Waals surface area contributed by atoms with E-state index in [1.165, 1.54) is 82.7 Å². The molecule has 234 valence electrons. The number of nitrogen functional groups attached to an aromatic ring is 1. The first-order chi connectivity index (χ1) is 24.1. The van der Waals surface area contributed by atoms with E-state index in [0.29, 0.717) is 0 Å². The number of fused-ring (bicyclic) bond motifs is 13. The fourth-order valence-corrected chi connectivity index (χ4v) is 8.30. The molecule has 49 heavy (non-hydrogen) atoms. The Labute approximate surface area is 287 Å². The number of anilines is 2. The SMILES string of the molecule is CNc1ccccc1N.Cc1ccc(-c2ccc3cc4c(cc3c2)C2(c3ccccc3-c3ccccc32)c2ccc3ccccc3c2-4)cc1. The maximum Gasteiger partial charge on any atom is 0.0725 e. The molecule has 8 aromatic rings. The third-order valence-electron chi connectivity index (χ3n) is 10.6. The Morgan fingerprint density at radius 3 is 1.82 bits per heavy atom. The fraction of sp³-hybridized carbons (Fsp3) is 0.0638. The van der Waals surface area contributed by atoms with Crippen LogP contribution in [0.15, 0.2) is 164 Å². The Kier molecular flexibility index (Phi) is 6.67. The van der Waals surface area contributed by atoms with Crippen LogP contribution in [-0.2, 0) is 5.41 Å². The van der Waals surface area contributed by atoms with E-state index in [4.69, 9.17) is 5.73 Å². The van der Waals surface area contributed by atoms with E-state index in [0.717, 1.165) is 11.4 Å². The second-order valence-electron chi connectivity index (χ2n) is 13.2. The van der Waals surface area contributed by atoms with Crippen LogP contribution in [0, 0.1) is 6.92 Å². The van der Waals surface area contributed by atoms with E-state index in [2.05, 4.69) is 152 Å². The normalized spacial score (nSPS) is 12.9. The lowest BCUT2D eigenvalue weighted by Gasteiger charge is -2.30. The lowest BCUT2D eigenvalue weighted by molar-refractivity contribution is 0.795. The van der Waals surface area contributed by atoms with Gasteiger partial charge in [-0.1, -0.05) is 139 Å². The highest BCUT2D eigenvalue weighted by molar-refractivity contribution is 6.08. The van der Waals surface area contributed by atoms with Crippen molar-refractivity contribution in [3.05, 3.63) is 192 Å². The summed E-state index contributed by atoms with van der Waals surface area (Å²) in [5, 5.41) is 8.16. The summed E-state index contributed by atoms with van der Waals surface area (Å²) in [6.07, 6.45) is 0. The number of hydrogen-bond acceptors (Lipinski definition) is 2. The zero-order chi connectivity index (χ0) is 33.1. The summed E-state index contributed by atoms with van der Waals surface area (Å²) >= 11 is 0. The molecule has 3 N–H and O–H groups in total. The van der Waals surface area contributed by atoms with Crippen molar-refractivity contribution < 1.29 is 0 Å². The van der Waals surface area contributed by atoms with Crippen molar-refractivity contribution in [1.29, 1.82) is 0 Å². The van der Waals surface area contributed by atoms with E-state index >= 15 is 0 Å². The van der Waals surface area contributed by atoms with Crippen molar-refractivity contribution in [1.82, 2.24) is 0 Å². The lowest BCUT2D eigenvalue weighted by atomic mass is 9.70. The van der Waals surface area contributed by atoms with Gasteiger partial charge in [0.1, 0.15) is 0 Å². The molecule has 2 heteroatoms. The summed E-state index contributed by atoms with van der Waals surface area (Å²) in [4.78, 5) is 0. The summed E-state index contributed by atoms with van der Waals surface area (Å²) < 4.78 is 0. The number of para-hydroxylation sites is 2. The standard InChI is InChI=1S/C40H26.C7H10N2/c1-25-14-16-26(17-15-25)28-18-19-29-23-34-38(24-30(29)22-28)40(37-21-20-27-8-2-3-9-31(27)39(34)37)35-12-6-4-10-32(35)33-11-5-7-13-36(33)40;1-9-7-5-3-2-4-6(7)8/h2-24H,1H3;2-5,9H,8H2,1H3. The van der Waals surface area contributed by atoms with E-state index in [-0.39, 0.29) is 5.41 Å². The number of hydrogen-bond donors (Lipinski definition) is 2. The molecule has 0 saturated heterocycles. The molecular formula is C47H36N2. The molecule has 1 spiro atoms. The molecule has 0 radical (unpaired) electrons. The second-order valence-corrected chi connectivity index (χ2v) is 13.2. The van der Waals surface area contributed by atoms with Gasteiger partial charge in [0.15, 0.2) is 0 Å². The van der Waals surface area contributed by atoms with Gasteiger partial charge in [-0.05, 0) is 114 Å². The third kappa shape index (κ3) is 4.34. The molecule has 0 heterocycles. The number of aryl methyl sites for hydroxylation is 1. The Balaban J connectivity index is 0.000000317. The van der Waals surface area contributed by atoms with Crippen LogP contribution in [0.3, 0.4) is 0 Å². The minimum Gasteiger partial charge on any atom is -0.397 e. The van der Waals surface area contributed by atoms with Crippen molar-refractivity contribution in [3.8, 4) is 33.4 Å². The molecule has 8 aromatic carbocycles. The highest BCUT2D eigenvalue weighted by Crippen LogP contribution is 2.64. The molecule has 0 unspecified atom stereocenters. The molecule has 2 aliphatic rings. The molecule has 10 rings (SSSR count). The average molecular weight is 629 g/mol. The Morgan fingerprint density at radius 1 is 0.469 bits per heavy atom. The molecule has 0 atom stereocenters. The zero-order valence-electron chi connectivity index (χ0n) is 27.7. The smallest absolute Gasteiger partial charge is 0.0725 e. The first-order valence-electron chi connectivity index (χ1n) is 17.0. The lowest BCUT2D eigenvalue weighted by Crippen LogP contribution is -2.25. The van der Waals surface area contributed by atoms with Gasteiger partial charge in [0.05, 0.1) is 16.8 Å². The van der Waals surface area contributed by atoms with Gasteiger partial charge >= 0.3 is 0 Å². The van der Waals surface area contributed by atoms with Crippen LogP contribution in [-0.4, -0.2) is 7.05 Å². The maximum atomic E-state index is 5.57. The summed E-state index contributed by atoms with van der Waals surface area (Å²) in [7, 11) is 1.85. The molecule has 0 saturated carbocycles. The van der Waals surface area contributed by atoms with Crippen molar-refractivity contribution in [2.24, 2.45) is 0 Å². The monoisotopic (exact) mass is 628 g/mol. The van der Waals surface area contributed by atoms with E-state index in [1.807, 2.05) is 31.3 Å². The van der Waals surface area contributed by atoms with Crippen LogP contribution in [0.2, 0.25) is 0 Å². The highest BCUT2D eigenvalue weighted by atomic mass is 14.8. The van der Waals surface area contributed by atoms with Gasteiger partial charge in [0.2, 0.25) is 0 Å². The van der Waals surface area contributed by atoms with Gasteiger partial charge in [0, 0.05) is 7.05 Å². The Hall–Kier alpha value is -6.12. The molecule has 0 aromatic heterocycles. The fourth-order valence-electron chi connectivity index (χ4n) is 8.30. The van der Waals surface area contributed by atoms with Crippen LogP contribution < -0.4 is 11.1 Å². The molecule has 0 amide bonds. The number of rotatable bonds is 2. The quantitative estimate of drug-likeness (QED) is 0.187. The van der Waals surface area contributed by atoms with Crippen molar-refractivity contribution in [2.75, 3.05) is 18.1 Å². The van der Waals surface area contributed by atoms with Crippen LogP contribution >= 0.6 is 0 Å².